The largest absolute Gasteiger partial charge is 0.493 e. The molecule has 1 heterocycles. The van der Waals surface area contributed by atoms with Gasteiger partial charge in [0.2, 0.25) is 0 Å². The molecule has 0 aliphatic rings. The third-order valence-electron chi connectivity index (χ3n) is 4.24. The summed E-state index contributed by atoms with van der Waals surface area (Å²) in [6.45, 7) is 0.767. The van der Waals surface area contributed by atoms with Crippen LogP contribution < -0.4 is 24.4 Å². The Hall–Kier alpha value is -3.33. The smallest absolute Gasteiger partial charge is 0.307 e. The number of nitrogens with zero attached hydrogens (tertiary/aromatic N) is 1. The van der Waals surface area contributed by atoms with Crippen molar-refractivity contribution in [2.75, 3.05) is 20.8 Å². The first-order valence-electron chi connectivity index (χ1n) is 9.08. The van der Waals surface area contributed by atoms with Crippen molar-refractivity contribution in [2.45, 2.75) is 13.1 Å². The second-order valence-electron chi connectivity index (χ2n) is 6.23. The molecule has 30 heavy (non-hydrogen) atoms. The number of carbonyl (C=O) groups is 1. The lowest BCUT2D eigenvalue weighted by Gasteiger charge is -2.10. The molecule has 0 fully saturated rings. The summed E-state index contributed by atoms with van der Waals surface area (Å²) in [5, 5.41) is 2.79. The summed E-state index contributed by atoms with van der Waals surface area (Å²) in [5.41, 5.74) is 0.834. The topological polar surface area (TPSA) is 78.8 Å². The minimum Gasteiger partial charge on any atom is -0.493 e. The molecule has 0 saturated heterocycles. The van der Waals surface area contributed by atoms with Crippen LogP contribution in [0, 0.1) is 5.82 Å². The fourth-order valence-corrected chi connectivity index (χ4v) is 3.48. The van der Waals surface area contributed by atoms with E-state index in [9.17, 15) is 14.0 Å². The van der Waals surface area contributed by atoms with E-state index in [1.165, 1.54) is 35.0 Å². The maximum Gasteiger partial charge on any atom is 0.307 e. The van der Waals surface area contributed by atoms with Gasteiger partial charge < -0.3 is 24.1 Å². The van der Waals surface area contributed by atoms with Crippen LogP contribution in [0.5, 0.6) is 17.2 Å². The fourth-order valence-electron chi connectivity index (χ4n) is 2.69. The van der Waals surface area contributed by atoms with Gasteiger partial charge in [-0.2, -0.15) is 0 Å². The number of methoxy groups -OCH3 is 2. The molecule has 0 aliphatic carbocycles. The molecular weight excluding hydrogens is 411 g/mol. The van der Waals surface area contributed by atoms with E-state index < -0.39 is 0 Å². The average molecular weight is 432 g/mol. The summed E-state index contributed by atoms with van der Waals surface area (Å²) in [4.78, 5) is 24.6. The number of ether oxygens (including phenoxy) is 3. The molecule has 1 N–H and O–H groups in total. The van der Waals surface area contributed by atoms with Crippen LogP contribution in [0.4, 0.5) is 4.39 Å². The highest BCUT2D eigenvalue weighted by Gasteiger charge is 2.13. The fraction of sp³-hybridized carbons (Fsp3) is 0.238. The summed E-state index contributed by atoms with van der Waals surface area (Å²) < 4.78 is 30.3. The van der Waals surface area contributed by atoms with Crippen molar-refractivity contribution in [1.29, 1.82) is 0 Å². The van der Waals surface area contributed by atoms with Crippen molar-refractivity contribution in [1.82, 2.24) is 9.88 Å². The van der Waals surface area contributed by atoms with Gasteiger partial charge in [-0.25, -0.2) is 4.39 Å². The number of benzene rings is 2. The first kappa shape index (κ1) is 21.4. The van der Waals surface area contributed by atoms with Crippen LogP contribution in [0.3, 0.4) is 0 Å². The van der Waals surface area contributed by atoms with E-state index >= 15 is 0 Å². The highest BCUT2D eigenvalue weighted by atomic mass is 32.1. The Morgan fingerprint density at radius 2 is 1.83 bits per heavy atom. The van der Waals surface area contributed by atoms with E-state index in [-0.39, 0.29) is 36.3 Å². The number of halogens is 1. The minimum absolute atomic E-state index is 0.217. The summed E-state index contributed by atoms with van der Waals surface area (Å²) in [5.74, 6) is 0.990. The zero-order valence-electron chi connectivity index (χ0n) is 16.5. The molecule has 0 spiro atoms. The molecule has 1 amide bonds. The maximum absolute atomic E-state index is 12.9. The molecule has 0 unspecified atom stereocenters. The Kier molecular flexibility index (Phi) is 7.08. The van der Waals surface area contributed by atoms with Gasteiger partial charge in [-0.1, -0.05) is 17.4 Å². The highest BCUT2D eigenvalue weighted by Crippen LogP contribution is 2.27. The first-order chi connectivity index (χ1) is 14.5. The number of thiazole rings is 1. The van der Waals surface area contributed by atoms with Crippen LogP contribution in [0.15, 0.2) is 53.5 Å². The Labute approximate surface area is 176 Å². The number of aromatic nitrogens is 1. The number of rotatable bonds is 9. The van der Waals surface area contributed by atoms with E-state index in [0.29, 0.717) is 22.1 Å². The number of amides is 1. The third-order valence-corrected chi connectivity index (χ3v) is 5.16. The molecule has 0 radical (unpaired) electrons. The Morgan fingerprint density at radius 3 is 2.53 bits per heavy atom. The molecule has 9 heteroatoms. The molecule has 1 aromatic heterocycles. The van der Waals surface area contributed by atoms with Crippen molar-refractivity contribution in [3.05, 3.63) is 74.6 Å². The van der Waals surface area contributed by atoms with Crippen molar-refractivity contribution >= 4 is 17.2 Å². The average Bonchev–Trinajstić information content (AvgIpc) is 3.13. The van der Waals surface area contributed by atoms with Gasteiger partial charge in [0.05, 0.1) is 20.8 Å². The van der Waals surface area contributed by atoms with Gasteiger partial charge in [0.25, 0.3) is 5.91 Å². The van der Waals surface area contributed by atoms with E-state index in [1.807, 2.05) is 6.07 Å². The van der Waals surface area contributed by atoms with Crippen molar-refractivity contribution in [2.24, 2.45) is 0 Å². The summed E-state index contributed by atoms with van der Waals surface area (Å²) in [6.07, 6.45) is 1.50. The van der Waals surface area contributed by atoms with Crippen molar-refractivity contribution in [3.8, 4) is 17.2 Å². The maximum atomic E-state index is 12.9. The zero-order chi connectivity index (χ0) is 21.5. The van der Waals surface area contributed by atoms with Gasteiger partial charge in [-0.15, -0.1) is 0 Å². The monoisotopic (exact) mass is 432 g/mol. The molecule has 3 rings (SSSR count). The Balaban J connectivity index is 1.55. The van der Waals surface area contributed by atoms with Crippen LogP contribution in [-0.4, -0.2) is 31.3 Å². The molecule has 7 nitrogen and oxygen atoms in total. The molecule has 158 valence electrons. The van der Waals surface area contributed by atoms with E-state index in [4.69, 9.17) is 14.2 Å². The van der Waals surface area contributed by atoms with Gasteiger partial charge in [0.15, 0.2) is 11.5 Å². The molecule has 2 aromatic carbocycles. The highest BCUT2D eigenvalue weighted by molar-refractivity contribution is 7.11. The van der Waals surface area contributed by atoms with Crippen LogP contribution in [0.2, 0.25) is 0 Å². The van der Waals surface area contributed by atoms with Gasteiger partial charge in [0, 0.05) is 12.7 Å². The molecule has 0 aliphatic heterocycles. The predicted octanol–water partition coefficient (Wildman–Crippen LogP) is 3.08. The standard InChI is InChI=1S/C21H21FN2O5S/c1-27-17-8-3-14(11-18(17)28-2)12-23-20(25)19-13-24(21(26)30-19)9-10-29-16-6-4-15(22)5-7-16/h3-8,11,13H,9-10,12H2,1-2H3,(H,23,25). The lowest BCUT2D eigenvalue weighted by Crippen LogP contribution is -2.22. The van der Waals surface area contributed by atoms with E-state index in [2.05, 4.69) is 5.32 Å². The molecule has 0 saturated carbocycles. The predicted molar refractivity (Wildman–Crippen MR) is 111 cm³/mol. The summed E-state index contributed by atoms with van der Waals surface area (Å²) >= 11 is 0.865. The second-order valence-corrected chi connectivity index (χ2v) is 7.22. The lowest BCUT2D eigenvalue weighted by molar-refractivity contribution is 0.0954. The van der Waals surface area contributed by atoms with Gasteiger partial charge in [-0.3, -0.25) is 9.59 Å². The minimum atomic E-state index is -0.347. The second kappa shape index (κ2) is 9.93. The third kappa shape index (κ3) is 5.38. The van der Waals surface area contributed by atoms with Gasteiger partial charge in [-0.05, 0) is 42.0 Å². The molecule has 0 atom stereocenters. The lowest BCUT2D eigenvalue weighted by atomic mass is 10.2. The summed E-state index contributed by atoms with van der Waals surface area (Å²) in [7, 11) is 3.09. The van der Waals surface area contributed by atoms with E-state index in [1.54, 1.807) is 26.4 Å². The van der Waals surface area contributed by atoms with Crippen LogP contribution >= 0.6 is 11.3 Å². The van der Waals surface area contributed by atoms with Crippen LogP contribution in [0.25, 0.3) is 0 Å². The normalized spacial score (nSPS) is 10.5. The Bertz CT molecular complexity index is 1060. The van der Waals surface area contributed by atoms with Gasteiger partial charge >= 0.3 is 4.87 Å². The molecular formula is C21H21FN2O5S. The van der Waals surface area contributed by atoms with Gasteiger partial charge in [0.1, 0.15) is 23.1 Å². The first-order valence-corrected chi connectivity index (χ1v) is 9.89. The summed E-state index contributed by atoms with van der Waals surface area (Å²) in [6, 6.07) is 11.0. The number of nitrogens with one attached hydrogen (secondary N) is 1. The van der Waals surface area contributed by atoms with Crippen molar-refractivity contribution in [3.63, 3.8) is 0 Å². The zero-order valence-corrected chi connectivity index (χ0v) is 17.3. The SMILES string of the molecule is COc1ccc(CNC(=O)c2cn(CCOc3ccc(F)cc3)c(=O)s2)cc1OC. The van der Waals surface area contributed by atoms with Crippen LogP contribution in [-0.2, 0) is 13.1 Å². The van der Waals surface area contributed by atoms with E-state index in [0.717, 1.165) is 16.9 Å². The Morgan fingerprint density at radius 1 is 1.10 bits per heavy atom. The van der Waals surface area contributed by atoms with Crippen LogP contribution in [0.1, 0.15) is 15.2 Å². The molecule has 0 bridgehead atoms. The van der Waals surface area contributed by atoms with Crippen molar-refractivity contribution < 1.29 is 23.4 Å². The number of hydrogen-bond donors (Lipinski definition) is 1. The number of carbonyl (C=O) groups excluding carboxylic acids is 1. The quantitative estimate of drug-likeness (QED) is 0.562. The number of hydrogen-bond acceptors (Lipinski definition) is 6. The molecule has 3 aromatic rings.